The van der Waals surface area contributed by atoms with E-state index in [1.165, 1.54) is 6.33 Å². The summed E-state index contributed by atoms with van der Waals surface area (Å²) in [6.07, 6.45) is 5.85. The van der Waals surface area contributed by atoms with Crippen molar-refractivity contribution in [3.05, 3.63) is 35.9 Å². The first-order valence-electron chi connectivity index (χ1n) is 7.97. The Balaban J connectivity index is 1.65. The minimum Gasteiger partial charge on any atom is -0.332 e. The Kier molecular flexibility index (Phi) is 4.36. The maximum Gasteiger partial charge on any atom is 0.227 e. The van der Waals surface area contributed by atoms with E-state index in [2.05, 4.69) is 33.9 Å². The van der Waals surface area contributed by atoms with Gasteiger partial charge >= 0.3 is 0 Å². The SMILES string of the molecule is CC(C)Cc1ncc2c(n1)CN(C(=O)C(C)Cn1cncn1)C2. The number of nitrogens with zero attached hydrogens (tertiary/aromatic N) is 6. The van der Waals surface area contributed by atoms with Gasteiger partial charge in [0.05, 0.1) is 24.7 Å². The molecule has 23 heavy (non-hydrogen) atoms. The monoisotopic (exact) mass is 314 g/mol. The topological polar surface area (TPSA) is 76.8 Å². The highest BCUT2D eigenvalue weighted by atomic mass is 16.2. The number of carbonyl (C=O) groups excluding carboxylic acids is 1. The molecule has 0 saturated carbocycles. The van der Waals surface area contributed by atoms with E-state index >= 15 is 0 Å². The van der Waals surface area contributed by atoms with Gasteiger partial charge < -0.3 is 4.90 Å². The second kappa shape index (κ2) is 6.44. The van der Waals surface area contributed by atoms with Crippen LogP contribution in [0.4, 0.5) is 0 Å². The number of fused-ring (bicyclic) bond motifs is 1. The van der Waals surface area contributed by atoms with E-state index in [1.807, 2.05) is 18.0 Å². The summed E-state index contributed by atoms with van der Waals surface area (Å²) in [5.41, 5.74) is 2.04. The molecule has 2 aromatic rings. The van der Waals surface area contributed by atoms with Crippen LogP contribution < -0.4 is 0 Å². The van der Waals surface area contributed by atoms with Gasteiger partial charge in [-0.2, -0.15) is 5.10 Å². The Morgan fingerprint density at radius 3 is 2.83 bits per heavy atom. The van der Waals surface area contributed by atoms with Crippen LogP contribution in [0.3, 0.4) is 0 Å². The van der Waals surface area contributed by atoms with Crippen molar-refractivity contribution >= 4 is 5.91 Å². The molecule has 1 aliphatic heterocycles. The summed E-state index contributed by atoms with van der Waals surface area (Å²) in [5.74, 6) is 1.36. The average Bonchev–Trinajstić information content (AvgIpc) is 3.14. The summed E-state index contributed by atoms with van der Waals surface area (Å²) in [7, 11) is 0. The van der Waals surface area contributed by atoms with Crippen LogP contribution in [0.2, 0.25) is 0 Å². The maximum atomic E-state index is 12.6. The molecule has 1 atom stereocenters. The van der Waals surface area contributed by atoms with Gasteiger partial charge in [-0.15, -0.1) is 0 Å². The van der Waals surface area contributed by atoms with Gasteiger partial charge in [0.1, 0.15) is 18.5 Å². The van der Waals surface area contributed by atoms with E-state index in [0.29, 0.717) is 25.6 Å². The molecular weight excluding hydrogens is 292 g/mol. The predicted octanol–water partition coefficient (Wildman–Crippen LogP) is 1.45. The zero-order valence-electron chi connectivity index (χ0n) is 13.8. The largest absolute Gasteiger partial charge is 0.332 e. The molecule has 0 radical (unpaired) electrons. The van der Waals surface area contributed by atoms with Gasteiger partial charge in [-0.25, -0.2) is 15.0 Å². The Morgan fingerprint density at radius 1 is 1.30 bits per heavy atom. The Morgan fingerprint density at radius 2 is 2.13 bits per heavy atom. The number of rotatable bonds is 5. The first-order chi connectivity index (χ1) is 11.0. The highest BCUT2D eigenvalue weighted by Gasteiger charge is 2.28. The molecule has 0 bridgehead atoms. The number of carbonyl (C=O) groups is 1. The fourth-order valence-corrected chi connectivity index (χ4v) is 2.81. The minimum absolute atomic E-state index is 0.115. The molecule has 1 unspecified atom stereocenters. The van der Waals surface area contributed by atoms with Crippen LogP contribution >= 0.6 is 0 Å². The predicted molar refractivity (Wildman–Crippen MR) is 84.0 cm³/mol. The highest BCUT2D eigenvalue weighted by molar-refractivity contribution is 5.79. The van der Waals surface area contributed by atoms with Crippen molar-refractivity contribution in [3.8, 4) is 0 Å². The van der Waals surface area contributed by atoms with E-state index in [9.17, 15) is 4.79 Å². The maximum absolute atomic E-state index is 12.6. The van der Waals surface area contributed by atoms with Gasteiger partial charge in [0.2, 0.25) is 5.91 Å². The summed E-state index contributed by atoms with van der Waals surface area (Å²) in [4.78, 5) is 27.4. The molecule has 7 heteroatoms. The molecule has 1 aliphatic rings. The molecule has 0 spiro atoms. The number of hydrogen-bond acceptors (Lipinski definition) is 5. The lowest BCUT2D eigenvalue weighted by Crippen LogP contribution is -2.32. The lowest BCUT2D eigenvalue weighted by atomic mass is 10.1. The minimum atomic E-state index is -0.144. The van der Waals surface area contributed by atoms with E-state index in [0.717, 1.165) is 23.5 Å². The summed E-state index contributed by atoms with van der Waals surface area (Å²) < 4.78 is 1.69. The quantitative estimate of drug-likeness (QED) is 0.834. The van der Waals surface area contributed by atoms with Crippen molar-refractivity contribution in [1.82, 2.24) is 29.6 Å². The Hall–Kier alpha value is -2.31. The summed E-state index contributed by atoms with van der Waals surface area (Å²) in [5, 5.41) is 4.06. The lowest BCUT2D eigenvalue weighted by Gasteiger charge is -2.19. The second-order valence-corrected chi connectivity index (χ2v) is 6.57. The van der Waals surface area contributed by atoms with E-state index in [1.54, 1.807) is 11.0 Å². The van der Waals surface area contributed by atoms with Crippen LogP contribution in [0, 0.1) is 11.8 Å². The van der Waals surface area contributed by atoms with Crippen molar-refractivity contribution in [3.63, 3.8) is 0 Å². The van der Waals surface area contributed by atoms with Crippen molar-refractivity contribution < 1.29 is 4.79 Å². The normalized spacial score (nSPS) is 15.0. The zero-order valence-corrected chi connectivity index (χ0v) is 13.8. The van der Waals surface area contributed by atoms with E-state index in [-0.39, 0.29) is 11.8 Å². The summed E-state index contributed by atoms with van der Waals surface area (Å²) >= 11 is 0. The fraction of sp³-hybridized carbons (Fsp3) is 0.562. The van der Waals surface area contributed by atoms with E-state index in [4.69, 9.17) is 0 Å². The molecular formula is C16H22N6O. The van der Waals surface area contributed by atoms with Crippen molar-refractivity contribution in [2.75, 3.05) is 0 Å². The lowest BCUT2D eigenvalue weighted by molar-refractivity contribution is -0.136. The summed E-state index contributed by atoms with van der Waals surface area (Å²) in [6.45, 7) is 7.93. The first-order valence-corrected chi connectivity index (χ1v) is 7.97. The molecule has 0 N–H and O–H groups in total. The van der Waals surface area contributed by atoms with Gasteiger partial charge in [0, 0.05) is 24.7 Å². The molecule has 122 valence electrons. The molecule has 7 nitrogen and oxygen atoms in total. The van der Waals surface area contributed by atoms with Gasteiger partial charge in [-0.3, -0.25) is 9.48 Å². The molecule has 3 heterocycles. The van der Waals surface area contributed by atoms with Crippen molar-refractivity contribution in [1.29, 1.82) is 0 Å². The van der Waals surface area contributed by atoms with Crippen LogP contribution in [-0.2, 0) is 30.8 Å². The zero-order chi connectivity index (χ0) is 16.4. The van der Waals surface area contributed by atoms with Gasteiger partial charge in [-0.05, 0) is 5.92 Å². The molecule has 0 aliphatic carbocycles. The molecule has 1 amide bonds. The summed E-state index contributed by atoms with van der Waals surface area (Å²) in [6, 6.07) is 0. The van der Waals surface area contributed by atoms with Gasteiger partial charge in [-0.1, -0.05) is 20.8 Å². The first kappa shape index (κ1) is 15.6. The Bertz CT molecular complexity index is 682. The van der Waals surface area contributed by atoms with Gasteiger partial charge in [0.15, 0.2) is 0 Å². The third kappa shape index (κ3) is 3.55. The van der Waals surface area contributed by atoms with Crippen LogP contribution in [-0.4, -0.2) is 35.5 Å². The van der Waals surface area contributed by atoms with E-state index < -0.39 is 0 Å². The molecule has 0 fully saturated rings. The number of aromatic nitrogens is 5. The smallest absolute Gasteiger partial charge is 0.227 e. The van der Waals surface area contributed by atoms with Crippen LogP contribution in [0.15, 0.2) is 18.9 Å². The standard InChI is InChI=1S/C16H22N6O/c1-11(2)4-15-18-5-13-7-21(8-14(13)20-15)16(23)12(3)6-22-10-17-9-19-22/h5,9-12H,4,6-8H2,1-3H3. The molecule has 0 saturated heterocycles. The van der Waals surface area contributed by atoms with Gasteiger partial charge in [0.25, 0.3) is 0 Å². The third-order valence-corrected chi connectivity index (χ3v) is 3.96. The number of amides is 1. The molecule has 0 aromatic carbocycles. The molecule has 3 rings (SSSR count). The van der Waals surface area contributed by atoms with Crippen molar-refractivity contribution in [2.45, 2.75) is 46.8 Å². The average molecular weight is 314 g/mol. The Labute approximate surface area is 135 Å². The van der Waals surface area contributed by atoms with Crippen molar-refractivity contribution in [2.24, 2.45) is 11.8 Å². The highest BCUT2D eigenvalue weighted by Crippen LogP contribution is 2.23. The van der Waals surface area contributed by atoms with Crippen LogP contribution in [0.5, 0.6) is 0 Å². The second-order valence-electron chi connectivity index (χ2n) is 6.57. The molecule has 2 aromatic heterocycles. The fourth-order valence-electron chi connectivity index (χ4n) is 2.81. The number of hydrogen-bond donors (Lipinski definition) is 0. The van der Waals surface area contributed by atoms with Crippen LogP contribution in [0.25, 0.3) is 0 Å². The van der Waals surface area contributed by atoms with Crippen LogP contribution in [0.1, 0.15) is 37.9 Å². The third-order valence-electron chi connectivity index (χ3n) is 3.96.